The zero-order chi connectivity index (χ0) is 25.4. The van der Waals surface area contributed by atoms with Gasteiger partial charge >= 0.3 is 12.3 Å². The molecule has 0 radical (unpaired) electrons. The lowest BCUT2D eigenvalue weighted by atomic mass is 10.1. The molecule has 1 aliphatic rings. The lowest BCUT2D eigenvalue weighted by Crippen LogP contribution is -2.33. The third-order valence-electron chi connectivity index (χ3n) is 5.34. The highest BCUT2D eigenvalue weighted by Gasteiger charge is 2.30. The number of nitrogens with one attached hydrogen (secondary N) is 1. The van der Waals surface area contributed by atoms with E-state index >= 15 is 0 Å². The van der Waals surface area contributed by atoms with Crippen LogP contribution in [0.2, 0.25) is 0 Å². The topological polar surface area (TPSA) is 76.5 Å². The predicted molar refractivity (Wildman–Crippen MR) is 123 cm³/mol. The summed E-state index contributed by atoms with van der Waals surface area (Å²) in [5, 5.41) is 2.70. The highest BCUT2D eigenvalue weighted by molar-refractivity contribution is 6.03. The van der Waals surface area contributed by atoms with Crippen LogP contribution in [0.15, 0.2) is 55.0 Å². The molecule has 2 aromatic carbocycles. The Kier molecular flexibility index (Phi) is 6.31. The van der Waals surface area contributed by atoms with E-state index in [9.17, 15) is 22.8 Å². The SMILES string of the molecule is CC(C)(C)OC(=O)N1Cc2ccc(C(=O)Nc3cn(Cc4cccc(C(F)(F)F)c4)cn3)cc2C1. The summed E-state index contributed by atoms with van der Waals surface area (Å²) in [7, 11) is 0. The average Bonchev–Trinajstić information content (AvgIpc) is 3.38. The van der Waals surface area contributed by atoms with E-state index in [0.717, 1.165) is 23.3 Å². The van der Waals surface area contributed by atoms with Gasteiger partial charge in [-0.3, -0.25) is 9.69 Å². The van der Waals surface area contributed by atoms with Gasteiger partial charge in [-0.15, -0.1) is 0 Å². The number of hydrogen-bond donors (Lipinski definition) is 1. The van der Waals surface area contributed by atoms with Crippen molar-refractivity contribution in [2.45, 2.75) is 52.2 Å². The van der Waals surface area contributed by atoms with Gasteiger partial charge in [0.15, 0.2) is 5.82 Å². The number of benzene rings is 2. The molecule has 0 aliphatic carbocycles. The van der Waals surface area contributed by atoms with Crippen LogP contribution in [0.25, 0.3) is 0 Å². The van der Waals surface area contributed by atoms with Gasteiger partial charge in [-0.1, -0.05) is 18.2 Å². The largest absolute Gasteiger partial charge is 0.444 e. The zero-order valence-electron chi connectivity index (χ0n) is 19.5. The second-order valence-electron chi connectivity index (χ2n) is 9.40. The molecule has 35 heavy (non-hydrogen) atoms. The van der Waals surface area contributed by atoms with Crippen molar-refractivity contribution >= 4 is 17.8 Å². The first-order valence-corrected chi connectivity index (χ1v) is 11.0. The third-order valence-corrected chi connectivity index (χ3v) is 5.34. The van der Waals surface area contributed by atoms with E-state index in [2.05, 4.69) is 10.3 Å². The summed E-state index contributed by atoms with van der Waals surface area (Å²) < 4.78 is 45.8. The highest BCUT2D eigenvalue weighted by Crippen LogP contribution is 2.30. The second-order valence-corrected chi connectivity index (χ2v) is 9.40. The molecule has 2 heterocycles. The fourth-order valence-corrected chi connectivity index (χ4v) is 3.75. The lowest BCUT2D eigenvalue weighted by molar-refractivity contribution is -0.137. The number of ether oxygens (including phenoxy) is 1. The van der Waals surface area contributed by atoms with Crippen molar-refractivity contribution in [2.75, 3.05) is 5.32 Å². The number of nitrogens with zero attached hydrogens (tertiary/aromatic N) is 3. The molecule has 4 rings (SSSR count). The number of hydrogen-bond acceptors (Lipinski definition) is 4. The van der Waals surface area contributed by atoms with Gasteiger partial charge in [0, 0.05) is 31.4 Å². The molecule has 0 unspecified atom stereocenters. The Balaban J connectivity index is 1.39. The van der Waals surface area contributed by atoms with Crippen LogP contribution in [-0.2, 0) is 30.5 Å². The Hall–Kier alpha value is -3.82. The van der Waals surface area contributed by atoms with Gasteiger partial charge in [-0.05, 0) is 61.7 Å². The minimum Gasteiger partial charge on any atom is -0.444 e. The van der Waals surface area contributed by atoms with Crippen molar-refractivity contribution in [1.82, 2.24) is 14.5 Å². The molecule has 0 bridgehead atoms. The number of rotatable bonds is 4. The molecular formula is C25H25F3N4O3. The van der Waals surface area contributed by atoms with Crippen molar-refractivity contribution in [3.63, 3.8) is 0 Å². The molecule has 10 heteroatoms. The quantitative estimate of drug-likeness (QED) is 0.532. The number of anilines is 1. The van der Waals surface area contributed by atoms with Crippen LogP contribution in [0.4, 0.5) is 23.8 Å². The van der Waals surface area contributed by atoms with Crippen molar-refractivity contribution < 1.29 is 27.5 Å². The average molecular weight is 486 g/mol. The molecule has 0 saturated carbocycles. The van der Waals surface area contributed by atoms with Crippen LogP contribution >= 0.6 is 0 Å². The normalized spacial score (nSPS) is 13.5. The maximum absolute atomic E-state index is 12.9. The highest BCUT2D eigenvalue weighted by atomic mass is 19.4. The van der Waals surface area contributed by atoms with Crippen molar-refractivity contribution in [1.29, 1.82) is 0 Å². The molecule has 184 valence electrons. The monoisotopic (exact) mass is 486 g/mol. The number of aromatic nitrogens is 2. The van der Waals surface area contributed by atoms with Gasteiger partial charge in [0.25, 0.3) is 5.91 Å². The van der Waals surface area contributed by atoms with E-state index in [-0.39, 0.29) is 18.3 Å². The van der Waals surface area contributed by atoms with Crippen molar-refractivity contribution in [3.05, 3.63) is 82.8 Å². The van der Waals surface area contributed by atoms with E-state index in [4.69, 9.17) is 4.74 Å². The van der Waals surface area contributed by atoms with Gasteiger partial charge in [-0.2, -0.15) is 13.2 Å². The number of carbonyl (C=O) groups excluding carboxylic acids is 2. The van der Waals surface area contributed by atoms with E-state index in [1.807, 2.05) is 0 Å². The first-order valence-electron chi connectivity index (χ1n) is 11.0. The van der Waals surface area contributed by atoms with Gasteiger partial charge in [0.05, 0.1) is 11.9 Å². The minimum atomic E-state index is -4.41. The van der Waals surface area contributed by atoms with Crippen LogP contribution in [0.3, 0.4) is 0 Å². The van der Waals surface area contributed by atoms with Gasteiger partial charge < -0.3 is 14.6 Å². The fourth-order valence-electron chi connectivity index (χ4n) is 3.75. The molecule has 0 saturated heterocycles. The summed E-state index contributed by atoms with van der Waals surface area (Å²) in [6, 6.07) is 10.3. The molecule has 1 N–H and O–H groups in total. The number of halogens is 3. The van der Waals surface area contributed by atoms with Gasteiger partial charge in [0.2, 0.25) is 0 Å². The summed E-state index contributed by atoms with van der Waals surface area (Å²) in [6.07, 6.45) is -1.83. The lowest BCUT2D eigenvalue weighted by Gasteiger charge is -2.24. The van der Waals surface area contributed by atoms with Crippen LogP contribution in [0, 0.1) is 0 Å². The summed E-state index contributed by atoms with van der Waals surface area (Å²) in [4.78, 5) is 30.8. The smallest absolute Gasteiger partial charge is 0.416 e. The Morgan fingerprint density at radius 3 is 2.51 bits per heavy atom. The molecule has 7 nitrogen and oxygen atoms in total. The Morgan fingerprint density at radius 1 is 1.06 bits per heavy atom. The second kappa shape index (κ2) is 9.09. The third kappa shape index (κ3) is 6.00. The number of fused-ring (bicyclic) bond motifs is 1. The number of imidazole rings is 1. The molecule has 3 aromatic rings. The predicted octanol–water partition coefficient (Wildman–Crippen LogP) is 5.45. The van der Waals surface area contributed by atoms with E-state index < -0.39 is 23.4 Å². The Morgan fingerprint density at radius 2 is 1.80 bits per heavy atom. The first-order chi connectivity index (χ1) is 16.4. The fraction of sp³-hybridized carbons (Fsp3) is 0.320. The zero-order valence-corrected chi connectivity index (χ0v) is 19.5. The minimum absolute atomic E-state index is 0.173. The molecule has 1 aliphatic heterocycles. The van der Waals surface area contributed by atoms with Gasteiger partial charge in [-0.25, -0.2) is 9.78 Å². The molecule has 0 spiro atoms. The Bertz CT molecular complexity index is 1260. The molecule has 0 atom stereocenters. The van der Waals surface area contributed by atoms with E-state index in [1.54, 1.807) is 60.7 Å². The molecule has 2 amide bonds. The van der Waals surface area contributed by atoms with Crippen molar-refractivity contribution in [2.24, 2.45) is 0 Å². The summed E-state index contributed by atoms with van der Waals surface area (Å²) in [5.74, 6) is -0.106. The van der Waals surface area contributed by atoms with Crippen molar-refractivity contribution in [3.8, 4) is 0 Å². The van der Waals surface area contributed by atoms with Crippen LogP contribution in [0.1, 0.15) is 53.4 Å². The van der Waals surface area contributed by atoms with Crippen LogP contribution in [0.5, 0.6) is 0 Å². The summed E-state index contributed by atoms with van der Waals surface area (Å²) in [6.45, 7) is 6.34. The molecular weight excluding hydrogens is 461 g/mol. The molecule has 0 fully saturated rings. The number of alkyl halides is 3. The first kappa shape index (κ1) is 24.3. The standard InChI is InChI=1S/C25H25F3N4O3/c1-24(2,3)35-23(34)32-12-18-8-7-17(10-19(18)13-32)22(33)30-21-14-31(15-29-21)11-16-5-4-6-20(9-16)25(26,27)28/h4-10,14-15H,11-13H2,1-3H3,(H,30,33). The summed E-state index contributed by atoms with van der Waals surface area (Å²) >= 11 is 0. The van der Waals surface area contributed by atoms with E-state index in [1.165, 1.54) is 12.4 Å². The summed E-state index contributed by atoms with van der Waals surface area (Å²) in [5.41, 5.74) is 1.36. The molecule has 1 aromatic heterocycles. The Labute approximate surface area is 200 Å². The number of carbonyl (C=O) groups is 2. The maximum Gasteiger partial charge on any atom is 0.416 e. The number of amides is 2. The van der Waals surface area contributed by atoms with Crippen LogP contribution < -0.4 is 5.32 Å². The van der Waals surface area contributed by atoms with E-state index in [0.29, 0.717) is 24.2 Å². The maximum atomic E-state index is 12.9. The van der Waals surface area contributed by atoms with Crippen LogP contribution in [-0.4, -0.2) is 32.1 Å². The van der Waals surface area contributed by atoms with Gasteiger partial charge in [0.1, 0.15) is 5.60 Å².